The van der Waals surface area contributed by atoms with Crippen LogP contribution in [-0.2, 0) is 4.79 Å². The van der Waals surface area contributed by atoms with E-state index in [4.69, 9.17) is 0 Å². The smallest absolute Gasteiger partial charge is 0.309 e. The lowest BCUT2D eigenvalue weighted by molar-refractivity contribution is -0.162. The normalized spacial score (nSPS) is 41.3. The van der Waals surface area contributed by atoms with Gasteiger partial charge in [0, 0.05) is 0 Å². The Morgan fingerprint density at radius 1 is 1.32 bits per heavy atom. The van der Waals surface area contributed by atoms with Crippen molar-refractivity contribution in [1.82, 2.24) is 0 Å². The Morgan fingerprint density at radius 2 is 2.05 bits per heavy atom. The fraction of sp³-hybridized carbons (Fsp3) is 0.750. The molecule has 0 radical (unpaired) electrons. The molecular formula is C20H30O2. The third-order valence-corrected chi connectivity index (χ3v) is 7.07. The molecule has 0 unspecified atom stereocenters. The average Bonchev–Trinajstić information content (AvgIpc) is 2.46. The van der Waals surface area contributed by atoms with E-state index in [-0.39, 0.29) is 11.3 Å². The van der Waals surface area contributed by atoms with Crippen LogP contribution in [-0.4, -0.2) is 11.1 Å². The van der Waals surface area contributed by atoms with E-state index in [1.807, 2.05) is 6.92 Å². The number of rotatable bonds is 2. The minimum absolute atomic E-state index is 0.161. The number of carboxylic acid groups (broad SMARTS) is 1. The highest BCUT2D eigenvalue weighted by atomic mass is 16.4. The maximum absolute atomic E-state index is 11.9. The van der Waals surface area contributed by atoms with Crippen LogP contribution in [0, 0.1) is 28.6 Å². The molecule has 0 aromatic heterocycles. The number of fused-ring (bicyclic) bond motifs is 3. The van der Waals surface area contributed by atoms with Gasteiger partial charge in [-0.3, -0.25) is 4.79 Å². The third-order valence-electron chi connectivity index (χ3n) is 7.07. The first-order valence-electron chi connectivity index (χ1n) is 8.93. The van der Waals surface area contributed by atoms with Gasteiger partial charge < -0.3 is 5.11 Å². The first-order chi connectivity index (χ1) is 10.3. The predicted molar refractivity (Wildman–Crippen MR) is 89.5 cm³/mol. The van der Waals surface area contributed by atoms with Crippen molar-refractivity contribution in [1.29, 1.82) is 0 Å². The van der Waals surface area contributed by atoms with Gasteiger partial charge >= 0.3 is 5.97 Å². The molecule has 0 amide bonds. The van der Waals surface area contributed by atoms with E-state index in [1.165, 1.54) is 24.8 Å². The molecule has 2 nitrogen and oxygen atoms in total. The zero-order valence-electron chi connectivity index (χ0n) is 14.5. The Morgan fingerprint density at radius 3 is 2.68 bits per heavy atom. The largest absolute Gasteiger partial charge is 0.481 e. The van der Waals surface area contributed by atoms with Gasteiger partial charge in [-0.2, -0.15) is 0 Å². The van der Waals surface area contributed by atoms with E-state index in [0.717, 1.165) is 19.3 Å². The van der Waals surface area contributed by atoms with Gasteiger partial charge in [0.1, 0.15) is 0 Å². The molecule has 1 saturated carbocycles. The Labute approximate surface area is 134 Å². The van der Waals surface area contributed by atoms with Gasteiger partial charge in [-0.25, -0.2) is 0 Å². The Balaban J connectivity index is 2.00. The molecule has 0 aromatic rings. The molecule has 0 aromatic carbocycles. The number of aliphatic carboxylic acids is 1. The lowest BCUT2D eigenvalue weighted by atomic mass is 9.47. The van der Waals surface area contributed by atoms with Crippen molar-refractivity contribution < 1.29 is 9.90 Å². The van der Waals surface area contributed by atoms with Crippen LogP contribution in [0.3, 0.4) is 0 Å². The summed E-state index contributed by atoms with van der Waals surface area (Å²) in [5.74, 6) is 0.888. The van der Waals surface area contributed by atoms with Crippen LogP contribution < -0.4 is 0 Å². The molecule has 0 aliphatic heterocycles. The zero-order chi connectivity index (χ0) is 16.1. The second-order valence-electron chi connectivity index (χ2n) is 8.54. The van der Waals surface area contributed by atoms with Gasteiger partial charge in [0.15, 0.2) is 0 Å². The summed E-state index contributed by atoms with van der Waals surface area (Å²) < 4.78 is 0. The maximum Gasteiger partial charge on any atom is 0.309 e. The molecule has 22 heavy (non-hydrogen) atoms. The second-order valence-corrected chi connectivity index (χ2v) is 8.54. The monoisotopic (exact) mass is 302 g/mol. The average molecular weight is 302 g/mol. The molecule has 0 bridgehead atoms. The van der Waals surface area contributed by atoms with Gasteiger partial charge in [0.05, 0.1) is 5.41 Å². The first-order valence-corrected chi connectivity index (χ1v) is 8.93. The van der Waals surface area contributed by atoms with Crippen molar-refractivity contribution in [2.24, 2.45) is 28.6 Å². The molecule has 2 heteroatoms. The highest BCUT2D eigenvalue weighted by Crippen LogP contribution is 2.62. The number of carboxylic acids is 1. The van der Waals surface area contributed by atoms with Gasteiger partial charge in [-0.05, 0) is 67.8 Å². The van der Waals surface area contributed by atoms with E-state index in [1.54, 1.807) is 5.57 Å². The molecule has 3 aliphatic carbocycles. The van der Waals surface area contributed by atoms with Crippen LogP contribution >= 0.6 is 0 Å². The molecule has 3 rings (SSSR count). The SMILES string of the molecule is CC(C)C1=CC2=CC[C@@H]3[C@@](C)(CCC[C@]3(C)C(=O)O)[C@@H]2CC1. The Bertz CT molecular complexity index is 542. The van der Waals surface area contributed by atoms with Crippen molar-refractivity contribution in [2.45, 2.75) is 66.2 Å². The summed E-state index contributed by atoms with van der Waals surface area (Å²) in [7, 11) is 0. The summed E-state index contributed by atoms with van der Waals surface area (Å²) >= 11 is 0. The standard InChI is InChI=1S/C20H30O2/c1-13(2)14-6-8-16-15(12-14)7-9-17-19(16,3)10-5-11-20(17,4)18(21)22/h7,12-13,16-17H,5-6,8-11H2,1-4H3,(H,21,22)/t16-,17-,19+,20+/m1/s1. The summed E-state index contributed by atoms with van der Waals surface area (Å²) in [5, 5.41) is 9.83. The minimum Gasteiger partial charge on any atom is -0.481 e. The zero-order valence-corrected chi connectivity index (χ0v) is 14.5. The summed E-state index contributed by atoms with van der Waals surface area (Å²) in [6.07, 6.45) is 11.2. The van der Waals surface area contributed by atoms with Gasteiger partial charge in [-0.15, -0.1) is 0 Å². The maximum atomic E-state index is 11.9. The highest BCUT2D eigenvalue weighted by Gasteiger charge is 2.57. The summed E-state index contributed by atoms with van der Waals surface area (Å²) in [5.41, 5.74) is 2.69. The summed E-state index contributed by atoms with van der Waals surface area (Å²) in [4.78, 5) is 11.9. The number of carbonyl (C=O) groups is 1. The van der Waals surface area contributed by atoms with Crippen LogP contribution in [0.15, 0.2) is 23.3 Å². The molecule has 1 fully saturated rings. The highest BCUT2D eigenvalue weighted by molar-refractivity contribution is 5.75. The van der Waals surface area contributed by atoms with E-state index >= 15 is 0 Å². The topological polar surface area (TPSA) is 37.3 Å². The van der Waals surface area contributed by atoms with Crippen molar-refractivity contribution in [3.05, 3.63) is 23.3 Å². The molecule has 3 aliphatic rings. The predicted octanol–water partition coefficient (Wildman–Crippen LogP) is 5.21. The van der Waals surface area contributed by atoms with Crippen molar-refractivity contribution in [2.75, 3.05) is 0 Å². The van der Waals surface area contributed by atoms with Gasteiger partial charge in [0.2, 0.25) is 0 Å². The van der Waals surface area contributed by atoms with Crippen LogP contribution in [0.5, 0.6) is 0 Å². The van der Waals surface area contributed by atoms with Crippen LogP contribution in [0.4, 0.5) is 0 Å². The quantitative estimate of drug-likeness (QED) is 0.760. The van der Waals surface area contributed by atoms with E-state index in [0.29, 0.717) is 11.8 Å². The lowest BCUT2D eigenvalue weighted by Gasteiger charge is -2.57. The number of allylic oxidation sites excluding steroid dienone is 4. The first kappa shape index (κ1) is 15.8. The van der Waals surface area contributed by atoms with Crippen molar-refractivity contribution >= 4 is 5.97 Å². The lowest BCUT2D eigenvalue weighted by Crippen LogP contribution is -2.53. The van der Waals surface area contributed by atoms with E-state index in [2.05, 4.69) is 32.9 Å². The molecule has 0 saturated heterocycles. The van der Waals surface area contributed by atoms with Crippen LogP contribution in [0.2, 0.25) is 0 Å². The molecular weight excluding hydrogens is 272 g/mol. The minimum atomic E-state index is -0.588. The Hall–Kier alpha value is -1.05. The number of hydrogen-bond acceptors (Lipinski definition) is 1. The number of hydrogen-bond donors (Lipinski definition) is 1. The third kappa shape index (κ3) is 2.18. The van der Waals surface area contributed by atoms with E-state index in [9.17, 15) is 9.90 Å². The van der Waals surface area contributed by atoms with Crippen LogP contribution in [0.25, 0.3) is 0 Å². The summed E-state index contributed by atoms with van der Waals surface area (Å²) in [6.45, 7) is 8.93. The van der Waals surface area contributed by atoms with Gasteiger partial charge in [-0.1, -0.05) is 44.9 Å². The molecule has 4 atom stereocenters. The van der Waals surface area contributed by atoms with Crippen molar-refractivity contribution in [3.63, 3.8) is 0 Å². The fourth-order valence-corrected chi connectivity index (χ4v) is 5.60. The molecule has 1 N–H and O–H groups in total. The van der Waals surface area contributed by atoms with Crippen LogP contribution in [0.1, 0.15) is 66.2 Å². The molecule has 0 spiro atoms. The second kappa shape index (κ2) is 5.25. The molecule has 0 heterocycles. The van der Waals surface area contributed by atoms with Gasteiger partial charge in [0.25, 0.3) is 0 Å². The fourth-order valence-electron chi connectivity index (χ4n) is 5.60. The Kier molecular flexibility index (Phi) is 3.78. The summed E-state index contributed by atoms with van der Waals surface area (Å²) in [6, 6.07) is 0. The molecule has 122 valence electrons. The van der Waals surface area contributed by atoms with E-state index < -0.39 is 11.4 Å². The van der Waals surface area contributed by atoms with Crippen molar-refractivity contribution in [3.8, 4) is 0 Å².